The molecule has 1 N–H and O–H groups in total. The molecule has 5 rings (SSSR count). The molecule has 0 unspecified atom stereocenters. The minimum absolute atomic E-state index is 0.635. The van der Waals surface area contributed by atoms with E-state index in [1.165, 1.54) is 0 Å². The molecule has 0 fully saturated rings. The molecule has 6 heteroatoms. The smallest absolute Gasteiger partial charge is 0.150 e. The molecule has 5 aromatic rings. The lowest BCUT2D eigenvalue weighted by molar-refractivity contribution is 0.340. The number of anilines is 2. The topological polar surface area (TPSA) is 61.2 Å². The first-order valence-electron chi connectivity index (χ1n) is 10.8. The van der Waals surface area contributed by atoms with Crippen LogP contribution in [0, 0.1) is 0 Å². The first-order valence-corrected chi connectivity index (χ1v) is 10.8. The maximum absolute atomic E-state index is 5.61. The number of rotatable bonds is 7. The highest BCUT2D eigenvalue weighted by atomic mass is 16.5. The normalized spacial score (nSPS) is 10.8. The van der Waals surface area contributed by atoms with Gasteiger partial charge >= 0.3 is 0 Å². The highest BCUT2D eigenvalue weighted by Crippen LogP contribution is 2.36. The predicted molar refractivity (Wildman–Crippen MR) is 132 cm³/mol. The van der Waals surface area contributed by atoms with Crippen LogP contribution < -0.4 is 14.8 Å². The average molecular weight is 437 g/mol. The summed E-state index contributed by atoms with van der Waals surface area (Å²) in [6.45, 7) is 2.61. The van der Waals surface area contributed by atoms with E-state index in [9.17, 15) is 0 Å². The second kappa shape index (κ2) is 9.04. The molecule has 0 radical (unpaired) electrons. The fourth-order valence-electron chi connectivity index (χ4n) is 3.90. The van der Waals surface area contributed by atoms with Gasteiger partial charge in [0, 0.05) is 29.2 Å². The largest absolute Gasteiger partial charge is 0.497 e. The first kappa shape index (κ1) is 20.6. The molecule has 0 aliphatic carbocycles. The Bertz CT molecular complexity index is 1380. The van der Waals surface area contributed by atoms with Crippen molar-refractivity contribution in [3.05, 3.63) is 91.4 Å². The fourth-order valence-corrected chi connectivity index (χ4v) is 3.90. The highest BCUT2D eigenvalue weighted by molar-refractivity contribution is 6.03. The molecule has 2 heterocycles. The van der Waals surface area contributed by atoms with Gasteiger partial charge in [-0.1, -0.05) is 36.4 Å². The van der Waals surface area contributed by atoms with E-state index in [0.717, 1.165) is 50.9 Å². The molecule has 0 aliphatic rings. The number of methoxy groups -OCH3 is 1. The maximum Gasteiger partial charge on any atom is 0.150 e. The Balaban J connectivity index is 1.67. The van der Waals surface area contributed by atoms with Crippen LogP contribution in [0.5, 0.6) is 11.5 Å². The molecule has 2 aromatic heterocycles. The van der Waals surface area contributed by atoms with Crippen LogP contribution in [-0.2, 0) is 0 Å². The van der Waals surface area contributed by atoms with Gasteiger partial charge < -0.3 is 19.4 Å². The maximum atomic E-state index is 5.61. The Hall–Kier alpha value is -4.32. The van der Waals surface area contributed by atoms with Crippen LogP contribution in [0.1, 0.15) is 6.92 Å². The van der Waals surface area contributed by atoms with Crippen LogP contribution in [0.25, 0.3) is 27.8 Å². The number of aromatic nitrogens is 3. The second-order valence-corrected chi connectivity index (χ2v) is 7.48. The summed E-state index contributed by atoms with van der Waals surface area (Å²) in [7, 11) is 1.66. The van der Waals surface area contributed by atoms with Gasteiger partial charge in [-0.2, -0.15) is 0 Å². The minimum atomic E-state index is 0.635. The van der Waals surface area contributed by atoms with Crippen molar-refractivity contribution in [3.8, 4) is 28.3 Å². The molecule has 3 aromatic carbocycles. The average Bonchev–Trinajstić information content (AvgIpc) is 3.26. The van der Waals surface area contributed by atoms with Gasteiger partial charge in [0.05, 0.1) is 19.1 Å². The number of fused-ring (bicyclic) bond motifs is 1. The number of ether oxygens (including phenoxy) is 2. The monoisotopic (exact) mass is 436 g/mol. The van der Waals surface area contributed by atoms with Gasteiger partial charge in [0.2, 0.25) is 0 Å². The molecule has 0 amide bonds. The van der Waals surface area contributed by atoms with E-state index < -0.39 is 0 Å². The lowest BCUT2D eigenvalue weighted by Gasteiger charge is -2.10. The molecule has 0 spiro atoms. The van der Waals surface area contributed by atoms with Crippen molar-refractivity contribution in [1.82, 2.24) is 14.5 Å². The van der Waals surface area contributed by atoms with Gasteiger partial charge in [0.1, 0.15) is 23.6 Å². The Morgan fingerprint density at radius 2 is 1.70 bits per heavy atom. The zero-order valence-electron chi connectivity index (χ0n) is 18.5. The Kier molecular flexibility index (Phi) is 5.64. The second-order valence-electron chi connectivity index (χ2n) is 7.48. The van der Waals surface area contributed by atoms with Crippen molar-refractivity contribution in [1.29, 1.82) is 0 Å². The lowest BCUT2D eigenvalue weighted by Crippen LogP contribution is -1.99. The van der Waals surface area contributed by atoms with E-state index in [1.807, 2.05) is 73.7 Å². The van der Waals surface area contributed by atoms with Crippen molar-refractivity contribution in [3.63, 3.8) is 0 Å². The quantitative estimate of drug-likeness (QED) is 0.327. The van der Waals surface area contributed by atoms with E-state index in [0.29, 0.717) is 6.61 Å². The summed E-state index contributed by atoms with van der Waals surface area (Å²) in [6, 6.07) is 26.1. The molecule has 6 nitrogen and oxygen atoms in total. The van der Waals surface area contributed by atoms with Crippen molar-refractivity contribution < 1.29 is 9.47 Å². The lowest BCUT2D eigenvalue weighted by atomic mass is 10.1. The van der Waals surface area contributed by atoms with Crippen molar-refractivity contribution in [2.24, 2.45) is 0 Å². The first-order chi connectivity index (χ1) is 16.3. The van der Waals surface area contributed by atoms with E-state index in [-0.39, 0.29) is 0 Å². The SMILES string of the molecule is CCOc1ccc(-n2cc(-c3ccccc3)c3c(Nc4cccc(OC)c4)ncnc32)cc1. The van der Waals surface area contributed by atoms with Gasteiger partial charge in [0.15, 0.2) is 5.65 Å². The third-order valence-electron chi connectivity index (χ3n) is 5.43. The zero-order valence-corrected chi connectivity index (χ0v) is 18.5. The summed E-state index contributed by atoms with van der Waals surface area (Å²) in [5.41, 5.74) is 4.85. The zero-order chi connectivity index (χ0) is 22.6. The van der Waals surface area contributed by atoms with Crippen LogP contribution in [0.4, 0.5) is 11.5 Å². The summed E-state index contributed by atoms with van der Waals surface area (Å²) in [5.74, 6) is 2.35. The molecule has 0 saturated carbocycles. The molecule has 0 atom stereocenters. The summed E-state index contributed by atoms with van der Waals surface area (Å²) in [6.07, 6.45) is 3.70. The molecular weight excluding hydrogens is 412 g/mol. The third kappa shape index (κ3) is 4.11. The van der Waals surface area contributed by atoms with Gasteiger partial charge in [-0.3, -0.25) is 0 Å². The molecule has 0 aliphatic heterocycles. The molecular formula is C27H24N4O2. The van der Waals surface area contributed by atoms with E-state index in [2.05, 4.69) is 38.2 Å². The van der Waals surface area contributed by atoms with Crippen molar-refractivity contribution in [2.45, 2.75) is 6.92 Å². The van der Waals surface area contributed by atoms with Gasteiger partial charge in [-0.05, 0) is 48.9 Å². The van der Waals surface area contributed by atoms with Crippen molar-refractivity contribution >= 4 is 22.5 Å². The standard InChI is InChI=1S/C27H24N4O2/c1-3-33-22-14-12-21(13-15-22)31-17-24(19-8-5-4-6-9-19)25-26(28-18-29-27(25)31)30-20-10-7-11-23(16-20)32-2/h4-18H,3H2,1-2H3,(H,28,29,30). The van der Waals surface area contributed by atoms with Crippen LogP contribution in [0.3, 0.4) is 0 Å². The number of benzene rings is 3. The summed E-state index contributed by atoms with van der Waals surface area (Å²) in [4.78, 5) is 9.25. The van der Waals surface area contributed by atoms with Crippen LogP contribution >= 0.6 is 0 Å². The number of nitrogens with one attached hydrogen (secondary N) is 1. The number of nitrogens with zero attached hydrogens (tertiary/aromatic N) is 3. The van der Waals surface area contributed by atoms with Gasteiger partial charge in [-0.15, -0.1) is 0 Å². The van der Waals surface area contributed by atoms with E-state index >= 15 is 0 Å². The van der Waals surface area contributed by atoms with Gasteiger partial charge in [-0.25, -0.2) is 9.97 Å². The van der Waals surface area contributed by atoms with Crippen LogP contribution in [0.15, 0.2) is 91.4 Å². The third-order valence-corrected chi connectivity index (χ3v) is 5.43. The summed E-state index contributed by atoms with van der Waals surface area (Å²) < 4.78 is 13.1. The predicted octanol–water partition coefficient (Wildman–Crippen LogP) is 6.24. The Morgan fingerprint density at radius 3 is 2.45 bits per heavy atom. The van der Waals surface area contributed by atoms with Gasteiger partial charge in [0.25, 0.3) is 0 Å². The van der Waals surface area contributed by atoms with Crippen LogP contribution in [0.2, 0.25) is 0 Å². The molecule has 0 bridgehead atoms. The molecule has 33 heavy (non-hydrogen) atoms. The fraction of sp³-hybridized carbons (Fsp3) is 0.111. The van der Waals surface area contributed by atoms with E-state index in [1.54, 1.807) is 13.4 Å². The minimum Gasteiger partial charge on any atom is -0.497 e. The Morgan fingerprint density at radius 1 is 0.879 bits per heavy atom. The van der Waals surface area contributed by atoms with Crippen LogP contribution in [-0.4, -0.2) is 28.3 Å². The molecule has 164 valence electrons. The van der Waals surface area contributed by atoms with Crippen molar-refractivity contribution in [2.75, 3.05) is 19.0 Å². The summed E-state index contributed by atoms with van der Waals surface area (Å²) in [5, 5.41) is 4.40. The molecule has 0 saturated heterocycles. The number of hydrogen-bond donors (Lipinski definition) is 1. The highest BCUT2D eigenvalue weighted by Gasteiger charge is 2.17. The summed E-state index contributed by atoms with van der Waals surface area (Å²) >= 11 is 0. The Labute approximate surface area is 192 Å². The number of hydrogen-bond acceptors (Lipinski definition) is 5. The van der Waals surface area contributed by atoms with E-state index in [4.69, 9.17) is 9.47 Å².